The fraction of sp³-hybridized carbons (Fsp3) is 0.200. The molecule has 7 aromatic rings. The molecule has 1 aliphatic carbocycles. The van der Waals surface area contributed by atoms with E-state index in [0.29, 0.717) is 0 Å². The molecular weight excluding hydrogens is 615 g/mol. The maximum absolute atomic E-state index is 2.56. The van der Waals surface area contributed by atoms with Gasteiger partial charge in [0.2, 0.25) is 0 Å². The van der Waals surface area contributed by atoms with Crippen molar-refractivity contribution in [3.63, 3.8) is 0 Å². The molecular formula is C50H47N. The van der Waals surface area contributed by atoms with Gasteiger partial charge in [-0.15, -0.1) is 0 Å². The molecule has 0 N–H and O–H groups in total. The highest BCUT2D eigenvalue weighted by Crippen LogP contribution is 2.59. The number of fused-ring (bicyclic) bond motifs is 4. The van der Waals surface area contributed by atoms with Crippen molar-refractivity contribution in [2.45, 2.75) is 65.2 Å². The van der Waals surface area contributed by atoms with Crippen LogP contribution in [-0.4, -0.2) is 0 Å². The van der Waals surface area contributed by atoms with Gasteiger partial charge in [0, 0.05) is 27.7 Å². The summed E-state index contributed by atoms with van der Waals surface area (Å²) in [5.74, 6) is 0. The lowest BCUT2D eigenvalue weighted by molar-refractivity contribution is 0.491. The first kappa shape index (κ1) is 32.8. The molecule has 0 fully saturated rings. The van der Waals surface area contributed by atoms with Gasteiger partial charge in [-0.3, -0.25) is 0 Å². The first-order chi connectivity index (χ1) is 24.7. The summed E-state index contributed by atoms with van der Waals surface area (Å²) in [6.07, 6.45) is 2.11. The van der Waals surface area contributed by atoms with Crippen molar-refractivity contribution in [1.29, 1.82) is 0 Å². The Hall–Kier alpha value is -5.40. The average molecular weight is 662 g/mol. The zero-order valence-corrected chi connectivity index (χ0v) is 30.8. The summed E-state index contributed by atoms with van der Waals surface area (Å²) in [4.78, 5) is 2.56. The van der Waals surface area contributed by atoms with Gasteiger partial charge in [-0.25, -0.2) is 0 Å². The van der Waals surface area contributed by atoms with Crippen LogP contribution in [0.5, 0.6) is 0 Å². The molecule has 7 aromatic carbocycles. The number of nitrogens with zero attached hydrogens (tertiary/aromatic N) is 1. The Kier molecular flexibility index (Phi) is 8.19. The lowest BCUT2D eigenvalue weighted by Crippen LogP contribution is -2.23. The van der Waals surface area contributed by atoms with Crippen molar-refractivity contribution in [3.05, 3.63) is 174 Å². The van der Waals surface area contributed by atoms with Crippen LogP contribution in [0.3, 0.4) is 0 Å². The third-order valence-corrected chi connectivity index (χ3v) is 11.3. The van der Waals surface area contributed by atoms with Crippen molar-refractivity contribution in [2.24, 2.45) is 0 Å². The Morgan fingerprint density at radius 2 is 1.12 bits per heavy atom. The van der Waals surface area contributed by atoms with Gasteiger partial charge in [0.25, 0.3) is 0 Å². The SMILES string of the molecule is CCC1(CC)c2ccccc2-c2c1cc1ccccc1c2N(c1ccc(-c2ccccc2-c2ccccc2)cc1)c1cc(C)cc(C(C)(C)C)c1. The predicted molar refractivity (Wildman–Crippen MR) is 220 cm³/mol. The van der Waals surface area contributed by atoms with Crippen LogP contribution in [0.4, 0.5) is 17.1 Å². The summed E-state index contributed by atoms with van der Waals surface area (Å²) < 4.78 is 0. The van der Waals surface area contributed by atoms with Crippen molar-refractivity contribution < 1.29 is 0 Å². The first-order valence-electron chi connectivity index (χ1n) is 18.6. The molecule has 0 unspecified atom stereocenters. The fourth-order valence-electron chi connectivity index (χ4n) is 8.61. The van der Waals surface area contributed by atoms with Crippen LogP contribution in [0.15, 0.2) is 152 Å². The number of benzene rings is 7. The topological polar surface area (TPSA) is 3.24 Å². The van der Waals surface area contributed by atoms with Crippen molar-refractivity contribution >= 4 is 27.8 Å². The maximum Gasteiger partial charge on any atom is 0.0621 e. The van der Waals surface area contributed by atoms with Crippen LogP contribution in [0.2, 0.25) is 0 Å². The van der Waals surface area contributed by atoms with E-state index in [-0.39, 0.29) is 10.8 Å². The van der Waals surface area contributed by atoms with Gasteiger partial charge < -0.3 is 4.90 Å². The molecule has 0 saturated carbocycles. The summed E-state index contributed by atoms with van der Waals surface area (Å²) in [5, 5.41) is 2.55. The number of rotatable bonds is 7. The van der Waals surface area contributed by atoms with Crippen LogP contribution in [0, 0.1) is 6.92 Å². The van der Waals surface area contributed by atoms with E-state index in [1.807, 2.05) is 0 Å². The molecule has 8 rings (SSSR count). The second kappa shape index (κ2) is 12.7. The Morgan fingerprint density at radius 3 is 1.78 bits per heavy atom. The molecule has 0 radical (unpaired) electrons. The van der Waals surface area contributed by atoms with E-state index in [9.17, 15) is 0 Å². The van der Waals surface area contributed by atoms with Gasteiger partial charge in [-0.1, -0.05) is 156 Å². The molecule has 51 heavy (non-hydrogen) atoms. The Morgan fingerprint density at radius 1 is 0.529 bits per heavy atom. The highest BCUT2D eigenvalue weighted by molar-refractivity contribution is 6.10. The lowest BCUT2D eigenvalue weighted by atomic mass is 9.73. The highest BCUT2D eigenvalue weighted by Gasteiger charge is 2.43. The minimum Gasteiger partial charge on any atom is -0.309 e. The molecule has 0 spiro atoms. The van der Waals surface area contributed by atoms with E-state index in [1.54, 1.807) is 0 Å². The maximum atomic E-state index is 2.56. The number of hydrogen-bond acceptors (Lipinski definition) is 1. The minimum atomic E-state index is -0.0371. The molecule has 0 atom stereocenters. The van der Waals surface area contributed by atoms with Gasteiger partial charge in [0.15, 0.2) is 0 Å². The summed E-state index contributed by atoms with van der Waals surface area (Å²) in [7, 11) is 0. The fourth-order valence-corrected chi connectivity index (χ4v) is 8.61. The number of hydrogen-bond donors (Lipinski definition) is 0. The number of anilines is 3. The van der Waals surface area contributed by atoms with Crippen LogP contribution in [0.1, 0.15) is 69.7 Å². The molecule has 0 aliphatic heterocycles. The molecule has 0 heterocycles. The Balaban J connectivity index is 1.42. The first-order valence-corrected chi connectivity index (χ1v) is 18.6. The quantitative estimate of drug-likeness (QED) is 0.164. The zero-order chi connectivity index (χ0) is 35.3. The number of aryl methyl sites for hydroxylation is 1. The minimum absolute atomic E-state index is 0.00429. The molecule has 252 valence electrons. The van der Waals surface area contributed by atoms with Gasteiger partial charge in [0.05, 0.1) is 5.69 Å². The lowest BCUT2D eigenvalue weighted by Gasteiger charge is -2.33. The molecule has 0 saturated heterocycles. The molecule has 1 nitrogen and oxygen atoms in total. The van der Waals surface area contributed by atoms with E-state index in [1.165, 1.54) is 77.8 Å². The Bertz CT molecular complexity index is 2370. The molecule has 0 bridgehead atoms. The van der Waals surface area contributed by atoms with Crippen molar-refractivity contribution in [2.75, 3.05) is 4.90 Å². The summed E-state index contributed by atoms with van der Waals surface area (Å²) >= 11 is 0. The van der Waals surface area contributed by atoms with E-state index < -0.39 is 0 Å². The second-order valence-corrected chi connectivity index (χ2v) is 15.3. The van der Waals surface area contributed by atoms with E-state index in [0.717, 1.165) is 18.5 Å². The van der Waals surface area contributed by atoms with E-state index in [2.05, 4.69) is 198 Å². The largest absolute Gasteiger partial charge is 0.309 e. The van der Waals surface area contributed by atoms with Crippen LogP contribution >= 0.6 is 0 Å². The second-order valence-electron chi connectivity index (χ2n) is 15.3. The average Bonchev–Trinajstić information content (AvgIpc) is 3.44. The molecule has 0 amide bonds. The molecule has 0 aromatic heterocycles. The third-order valence-electron chi connectivity index (χ3n) is 11.3. The van der Waals surface area contributed by atoms with Crippen molar-refractivity contribution in [1.82, 2.24) is 0 Å². The highest BCUT2D eigenvalue weighted by atomic mass is 15.1. The molecule has 1 aliphatic rings. The predicted octanol–water partition coefficient (Wildman–Crippen LogP) is 14.3. The van der Waals surface area contributed by atoms with Gasteiger partial charge >= 0.3 is 0 Å². The summed E-state index contributed by atoms with van der Waals surface area (Å²) in [6, 6.07) is 56.6. The van der Waals surface area contributed by atoms with E-state index in [4.69, 9.17) is 0 Å². The Labute approximate surface area is 304 Å². The van der Waals surface area contributed by atoms with Crippen LogP contribution < -0.4 is 4.90 Å². The monoisotopic (exact) mass is 661 g/mol. The van der Waals surface area contributed by atoms with Crippen LogP contribution in [0.25, 0.3) is 44.2 Å². The molecule has 1 heteroatoms. The third kappa shape index (κ3) is 5.47. The van der Waals surface area contributed by atoms with E-state index >= 15 is 0 Å². The van der Waals surface area contributed by atoms with Gasteiger partial charge in [-0.05, 0) is 111 Å². The van der Waals surface area contributed by atoms with Gasteiger partial charge in [-0.2, -0.15) is 0 Å². The normalized spacial score (nSPS) is 13.2. The van der Waals surface area contributed by atoms with Crippen LogP contribution in [-0.2, 0) is 10.8 Å². The van der Waals surface area contributed by atoms with Crippen molar-refractivity contribution in [3.8, 4) is 33.4 Å². The zero-order valence-electron chi connectivity index (χ0n) is 30.8. The summed E-state index contributed by atoms with van der Waals surface area (Å²) in [5.41, 5.74) is 16.7. The van der Waals surface area contributed by atoms with Gasteiger partial charge in [0.1, 0.15) is 0 Å². The standard InChI is InChI=1S/C50H47N/c1-7-50(8-2)45-25-17-16-24-44(45)47-46(50)32-37-20-12-13-23-43(37)48(47)51(40-31-34(3)30-38(33-40)49(4,5)6)39-28-26-36(27-29-39)42-22-15-14-21-41(42)35-18-10-9-11-19-35/h9-33H,7-8H2,1-6H3. The summed E-state index contributed by atoms with van der Waals surface area (Å²) in [6.45, 7) is 13.9. The smallest absolute Gasteiger partial charge is 0.0621 e.